The number of halogens is 2. The van der Waals surface area contributed by atoms with Gasteiger partial charge in [-0.1, -0.05) is 48.2 Å². The zero-order valence-electron chi connectivity index (χ0n) is 14.2. The Morgan fingerprint density at radius 1 is 1.00 bits per heavy atom. The average molecular weight is 385 g/mol. The van der Waals surface area contributed by atoms with Crippen molar-refractivity contribution in [3.63, 3.8) is 0 Å². The van der Waals surface area contributed by atoms with Crippen LogP contribution in [0.25, 0.3) is 17.1 Å². The average Bonchev–Trinajstić information content (AvgIpc) is 3.32. The molecule has 132 valence electrons. The topological polar surface area (TPSA) is 34.9 Å². The number of aromatic nitrogens is 2. The number of benzene rings is 2. The number of carbonyl (C=O) groups excluding carboxylic acids is 1. The maximum atomic E-state index is 12.9. The third kappa shape index (κ3) is 3.29. The highest BCUT2D eigenvalue weighted by Crippen LogP contribution is 2.32. The summed E-state index contributed by atoms with van der Waals surface area (Å²) in [6.45, 7) is 0. The van der Waals surface area contributed by atoms with E-state index in [4.69, 9.17) is 23.2 Å². The maximum Gasteiger partial charge on any atom is 0.185 e. The molecule has 0 unspecified atom stereocenters. The van der Waals surface area contributed by atoms with Gasteiger partial charge in [-0.3, -0.25) is 9.36 Å². The van der Waals surface area contributed by atoms with E-state index in [1.54, 1.807) is 0 Å². The quantitative estimate of drug-likeness (QED) is 0.500. The molecule has 0 saturated heterocycles. The summed E-state index contributed by atoms with van der Waals surface area (Å²) in [5.74, 6) is 0.880. The van der Waals surface area contributed by atoms with E-state index in [-0.39, 0.29) is 11.7 Å². The van der Waals surface area contributed by atoms with Crippen LogP contribution in [0.5, 0.6) is 0 Å². The van der Waals surface area contributed by atoms with E-state index < -0.39 is 0 Å². The number of Topliss-reactive ketones (excluding diaryl/α,β-unsaturated/α-hetero) is 1. The van der Waals surface area contributed by atoms with E-state index in [0.29, 0.717) is 21.6 Å². The summed E-state index contributed by atoms with van der Waals surface area (Å²) in [4.78, 5) is 17.6. The second-order valence-corrected chi connectivity index (χ2v) is 7.47. The summed E-state index contributed by atoms with van der Waals surface area (Å²) < 4.78 is 1.92. The molecule has 0 radical (unpaired) electrons. The molecule has 4 rings (SSSR count). The van der Waals surface area contributed by atoms with Crippen LogP contribution in [0.15, 0.2) is 54.7 Å². The van der Waals surface area contributed by atoms with Gasteiger partial charge < -0.3 is 0 Å². The molecule has 3 aromatic rings. The molecule has 5 heteroatoms. The smallest absolute Gasteiger partial charge is 0.185 e. The highest BCUT2D eigenvalue weighted by molar-refractivity contribution is 6.33. The van der Waals surface area contributed by atoms with Crippen LogP contribution in [0, 0.1) is 5.92 Å². The van der Waals surface area contributed by atoms with Crippen LogP contribution >= 0.6 is 23.2 Å². The first-order valence-electron chi connectivity index (χ1n) is 8.78. The molecule has 0 spiro atoms. The predicted molar refractivity (Wildman–Crippen MR) is 105 cm³/mol. The number of ketones is 1. The molecule has 1 saturated carbocycles. The Labute approximate surface area is 162 Å². The Morgan fingerprint density at radius 2 is 1.69 bits per heavy atom. The van der Waals surface area contributed by atoms with Crippen molar-refractivity contribution in [1.82, 2.24) is 9.55 Å². The lowest BCUT2D eigenvalue weighted by atomic mass is 10.0. The number of rotatable bonds is 4. The number of imidazole rings is 1. The van der Waals surface area contributed by atoms with Gasteiger partial charge in [0.2, 0.25) is 0 Å². The van der Waals surface area contributed by atoms with Crippen LogP contribution in [0.3, 0.4) is 0 Å². The fraction of sp³-hybridized carbons (Fsp3) is 0.238. The van der Waals surface area contributed by atoms with Gasteiger partial charge in [0.25, 0.3) is 0 Å². The molecule has 0 bridgehead atoms. The molecule has 1 aromatic heterocycles. The maximum absolute atomic E-state index is 12.9. The highest BCUT2D eigenvalue weighted by Gasteiger charge is 2.27. The standard InChI is InChI=1S/C21H18Cl2N2O/c22-15-9-11-16(12-10-15)25-13-19(20(26)14-5-1-2-6-14)24-21(25)17-7-3-4-8-18(17)23/h3-4,7-14H,1-2,5-6H2. The van der Waals surface area contributed by atoms with Crippen molar-refractivity contribution in [3.05, 3.63) is 70.5 Å². The van der Waals surface area contributed by atoms with Crippen molar-refractivity contribution >= 4 is 29.0 Å². The Kier molecular flexibility index (Phi) is 4.84. The van der Waals surface area contributed by atoms with Gasteiger partial charge in [-0.05, 0) is 49.2 Å². The molecule has 2 aromatic carbocycles. The summed E-state index contributed by atoms with van der Waals surface area (Å²) in [6.07, 6.45) is 5.96. The minimum atomic E-state index is 0.0858. The Bertz CT molecular complexity index is 941. The molecule has 1 fully saturated rings. The van der Waals surface area contributed by atoms with E-state index in [1.165, 1.54) is 0 Å². The third-order valence-corrected chi connectivity index (χ3v) is 5.49. The first-order chi connectivity index (χ1) is 12.6. The predicted octanol–water partition coefficient (Wildman–Crippen LogP) is 6.22. The molecule has 1 heterocycles. The summed E-state index contributed by atoms with van der Waals surface area (Å²) >= 11 is 12.4. The van der Waals surface area contributed by atoms with Crippen molar-refractivity contribution in [2.24, 2.45) is 5.92 Å². The Hall–Kier alpha value is -2.10. The van der Waals surface area contributed by atoms with Gasteiger partial charge in [-0.15, -0.1) is 0 Å². The van der Waals surface area contributed by atoms with E-state index in [2.05, 4.69) is 4.98 Å². The van der Waals surface area contributed by atoms with Crippen molar-refractivity contribution in [1.29, 1.82) is 0 Å². The van der Waals surface area contributed by atoms with Gasteiger partial charge in [0.15, 0.2) is 5.78 Å². The normalized spacial score (nSPS) is 14.7. The zero-order chi connectivity index (χ0) is 18.1. The molecule has 1 aliphatic carbocycles. The van der Waals surface area contributed by atoms with E-state index in [0.717, 1.165) is 36.9 Å². The molecule has 0 atom stereocenters. The highest BCUT2D eigenvalue weighted by atomic mass is 35.5. The summed E-state index contributed by atoms with van der Waals surface area (Å²) in [5.41, 5.74) is 2.19. The third-order valence-electron chi connectivity index (χ3n) is 4.90. The van der Waals surface area contributed by atoms with Gasteiger partial charge in [0.05, 0.1) is 5.02 Å². The zero-order valence-corrected chi connectivity index (χ0v) is 15.7. The van der Waals surface area contributed by atoms with Gasteiger partial charge in [0, 0.05) is 28.4 Å². The summed E-state index contributed by atoms with van der Waals surface area (Å²) in [6, 6.07) is 15.0. The largest absolute Gasteiger partial charge is 0.299 e. The van der Waals surface area contributed by atoms with Crippen molar-refractivity contribution in [2.45, 2.75) is 25.7 Å². The SMILES string of the molecule is O=C(c1cn(-c2ccc(Cl)cc2)c(-c2ccccc2Cl)n1)C1CCCC1. The second-order valence-electron chi connectivity index (χ2n) is 6.62. The van der Waals surface area contributed by atoms with Crippen LogP contribution in [-0.4, -0.2) is 15.3 Å². The number of hydrogen-bond acceptors (Lipinski definition) is 2. The van der Waals surface area contributed by atoms with Crippen LogP contribution in [-0.2, 0) is 0 Å². The van der Waals surface area contributed by atoms with Crippen LogP contribution in [0.4, 0.5) is 0 Å². The number of hydrogen-bond donors (Lipinski definition) is 0. The van der Waals surface area contributed by atoms with Crippen LogP contribution in [0.1, 0.15) is 36.2 Å². The Morgan fingerprint density at radius 3 is 2.38 bits per heavy atom. The van der Waals surface area contributed by atoms with E-state index in [9.17, 15) is 4.79 Å². The minimum Gasteiger partial charge on any atom is -0.299 e. The van der Waals surface area contributed by atoms with Crippen LogP contribution < -0.4 is 0 Å². The molecule has 3 nitrogen and oxygen atoms in total. The molecule has 0 N–H and O–H groups in total. The summed E-state index contributed by atoms with van der Waals surface area (Å²) in [5, 5.41) is 1.27. The monoisotopic (exact) mass is 384 g/mol. The molecule has 0 amide bonds. The molecule has 1 aliphatic rings. The van der Waals surface area contributed by atoms with Crippen LogP contribution in [0.2, 0.25) is 10.0 Å². The van der Waals surface area contributed by atoms with Gasteiger partial charge in [-0.2, -0.15) is 0 Å². The molecule has 26 heavy (non-hydrogen) atoms. The van der Waals surface area contributed by atoms with E-state index >= 15 is 0 Å². The van der Waals surface area contributed by atoms with Crippen molar-refractivity contribution in [3.8, 4) is 17.1 Å². The lowest BCUT2D eigenvalue weighted by Crippen LogP contribution is -2.11. The summed E-state index contributed by atoms with van der Waals surface area (Å²) in [7, 11) is 0. The van der Waals surface area contributed by atoms with E-state index in [1.807, 2.05) is 59.3 Å². The molecule has 0 aliphatic heterocycles. The van der Waals surface area contributed by atoms with Gasteiger partial charge >= 0.3 is 0 Å². The molecular weight excluding hydrogens is 367 g/mol. The lowest BCUT2D eigenvalue weighted by Gasteiger charge is -2.09. The fourth-order valence-corrected chi connectivity index (χ4v) is 3.87. The first kappa shape index (κ1) is 17.3. The number of nitrogens with zero attached hydrogens (tertiary/aromatic N) is 2. The minimum absolute atomic E-state index is 0.0858. The number of carbonyl (C=O) groups is 1. The first-order valence-corrected chi connectivity index (χ1v) is 9.53. The van der Waals surface area contributed by atoms with Crippen molar-refractivity contribution < 1.29 is 4.79 Å². The second kappa shape index (κ2) is 7.26. The van der Waals surface area contributed by atoms with Crippen molar-refractivity contribution in [2.75, 3.05) is 0 Å². The lowest BCUT2D eigenvalue weighted by molar-refractivity contribution is 0.0918. The van der Waals surface area contributed by atoms with Gasteiger partial charge in [0.1, 0.15) is 11.5 Å². The fourth-order valence-electron chi connectivity index (χ4n) is 3.53. The molecular formula is C21H18Cl2N2O. The Balaban J connectivity index is 1.84. The van der Waals surface area contributed by atoms with Gasteiger partial charge in [-0.25, -0.2) is 4.98 Å².